The largest absolute Gasteiger partial charge is 0.480 e. The van der Waals surface area contributed by atoms with Crippen LogP contribution in [0.15, 0.2) is 29.2 Å². The molecule has 1 aromatic carbocycles. The van der Waals surface area contributed by atoms with E-state index >= 15 is 0 Å². The number of carbonyl (C=O) groups is 1. The van der Waals surface area contributed by atoms with Crippen molar-refractivity contribution in [1.29, 1.82) is 0 Å². The number of nitrogens with zero attached hydrogens (tertiary/aromatic N) is 3. The lowest BCUT2D eigenvalue weighted by Crippen LogP contribution is -2.18. The maximum atomic E-state index is 11.7. The lowest BCUT2D eigenvalue weighted by atomic mass is 10.1. The quantitative estimate of drug-likeness (QED) is 0.720. The van der Waals surface area contributed by atoms with Gasteiger partial charge in [0.2, 0.25) is 10.0 Å². The number of nitrogens with one attached hydrogen (secondary N) is 1. The Morgan fingerprint density at radius 1 is 1.28 bits per heavy atom. The van der Waals surface area contributed by atoms with E-state index in [1.165, 1.54) is 11.7 Å². The highest BCUT2D eigenvalue weighted by molar-refractivity contribution is 7.89. The first kappa shape index (κ1) is 17.6. The monoisotopic (exact) mass is 364 g/mol. The van der Waals surface area contributed by atoms with E-state index < -0.39 is 16.0 Å². The Morgan fingerprint density at radius 2 is 1.96 bits per heavy atom. The normalized spacial score (nSPS) is 14.6. The van der Waals surface area contributed by atoms with Crippen LogP contribution in [0.5, 0.6) is 0 Å². The molecule has 1 aliphatic carbocycles. The number of carboxylic acids is 1. The van der Waals surface area contributed by atoms with Gasteiger partial charge in [-0.3, -0.25) is 4.79 Å². The molecule has 0 aliphatic heterocycles. The Kier molecular flexibility index (Phi) is 4.87. The second kappa shape index (κ2) is 6.93. The number of hydrogen-bond acceptors (Lipinski definition) is 5. The Hall–Kier alpha value is -2.26. The van der Waals surface area contributed by atoms with Crippen molar-refractivity contribution in [3.8, 4) is 0 Å². The molecule has 2 N–H and O–H groups in total. The summed E-state index contributed by atoms with van der Waals surface area (Å²) in [6, 6.07) is 6.62. The van der Waals surface area contributed by atoms with E-state index in [2.05, 4.69) is 14.8 Å². The summed E-state index contributed by atoms with van der Waals surface area (Å²) in [7, 11) is -2.07. The molecule has 9 heteroatoms. The highest BCUT2D eigenvalue weighted by Crippen LogP contribution is 2.38. The van der Waals surface area contributed by atoms with E-state index in [1.54, 1.807) is 24.3 Å². The number of benzene rings is 1. The van der Waals surface area contributed by atoms with Crippen LogP contribution in [0.3, 0.4) is 0 Å². The molecule has 1 heterocycles. The van der Waals surface area contributed by atoms with Crippen LogP contribution in [0.2, 0.25) is 0 Å². The maximum absolute atomic E-state index is 11.7. The van der Waals surface area contributed by atoms with Gasteiger partial charge in [0.05, 0.1) is 4.90 Å². The van der Waals surface area contributed by atoms with E-state index in [0.717, 1.165) is 24.2 Å². The molecule has 0 saturated heterocycles. The van der Waals surface area contributed by atoms with Crippen LogP contribution in [-0.4, -0.2) is 41.3 Å². The molecule has 2 aromatic rings. The van der Waals surface area contributed by atoms with Crippen LogP contribution in [-0.2, 0) is 34.2 Å². The Morgan fingerprint density at radius 3 is 2.52 bits per heavy atom. The minimum atomic E-state index is -3.44. The molecule has 25 heavy (non-hydrogen) atoms. The van der Waals surface area contributed by atoms with Gasteiger partial charge in [0.15, 0.2) is 5.82 Å². The Labute approximate surface area is 145 Å². The minimum absolute atomic E-state index is 0.200. The first-order valence-corrected chi connectivity index (χ1v) is 9.55. The fourth-order valence-electron chi connectivity index (χ4n) is 2.56. The number of rotatable bonds is 8. The first-order chi connectivity index (χ1) is 11.9. The predicted octanol–water partition coefficient (Wildman–Crippen LogP) is 0.933. The molecule has 0 amide bonds. The maximum Gasteiger partial charge on any atom is 0.325 e. The SMILES string of the molecule is CNS(=O)(=O)c1ccc(CCc2nc(C3CC3)nn2CC(=O)O)cc1. The standard InChI is InChI=1S/C16H20N4O4S/c1-17-25(23,24)13-7-2-11(3-8-13)4-9-14-18-16(12-5-6-12)19-20(14)10-15(21)22/h2-3,7-8,12,17H,4-6,9-10H2,1H3,(H,21,22). The van der Waals surface area contributed by atoms with Gasteiger partial charge in [0.25, 0.3) is 0 Å². The molecular formula is C16H20N4O4S. The van der Waals surface area contributed by atoms with Gasteiger partial charge in [-0.25, -0.2) is 22.8 Å². The van der Waals surface area contributed by atoms with Crippen molar-refractivity contribution in [2.24, 2.45) is 0 Å². The minimum Gasteiger partial charge on any atom is -0.480 e. The van der Waals surface area contributed by atoms with Gasteiger partial charge in [0.1, 0.15) is 12.4 Å². The third kappa shape index (κ3) is 4.23. The summed E-state index contributed by atoms with van der Waals surface area (Å²) in [5.74, 6) is 0.790. The fraction of sp³-hybridized carbons (Fsp3) is 0.438. The molecule has 1 saturated carbocycles. The summed E-state index contributed by atoms with van der Waals surface area (Å²) in [5.41, 5.74) is 0.952. The molecule has 1 fully saturated rings. The smallest absolute Gasteiger partial charge is 0.325 e. The summed E-state index contributed by atoms with van der Waals surface area (Å²) in [4.78, 5) is 15.7. The number of hydrogen-bond donors (Lipinski definition) is 2. The zero-order valence-electron chi connectivity index (χ0n) is 13.8. The third-order valence-electron chi connectivity index (χ3n) is 4.13. The number of aromatic nitrogens is 3. The van der Waals surface area contributed by atoms with Crippen molar-refractivity contribution in [2.45, 2.75) is 43.0 Å². The molecule has 8 nitrogen and oxygen atoms in total. The molecule has 0 bridgehead atoms. The molecule has 0 unspecified atom stereocenters. The molecule has 1 aromatic heterocycles. The zero-order valence-corrected chi connectivity index (χ0v) is 14.7. The number of aliphatic carboxylic acids is 1. The molecular weight excluding hydrogens is 344 g/mol. The van der Waals surface area contributed by atoms with Crippen molar-refractivity contribution in [3.05, 3.63) is 41.5 Å². The predicted molar refractivity (Wildman–Crippen MR) is 89.7 cm³/mol. The highest BCUT2D eigenvalue weighted by Gasteiger charge is 2.29. The fourth-order valence-corrected chi connectivity index (χ4v) is 3.29. The van der Waals surface area contributed by atoms with Crippen LogP contribution < -0.4 is 4.72 Å². The third-order valence-corrected chi connectivity index (χ3v) is 5.56. The van der Waals surface area contributed by atoms with Crippen molar-refractivity contribution in [1.82, 2.24) is 19.5 Å². The van der Waals surface area contributed by atoms with Crippen LogP contribution in [0, 0.1) is 0 Å². The summed E-state index contributed by atoms with van der Waals surface area (Å²) < 4.78 is 27.2. The van der Waals surface area contributed by atoms with Crippen molar-refractivity contribution in [3.63, 3.8) is 0 Å². The Bertz CT molecular complexity index is 870. The van der Waals surface area contributed by atoms with E-state index in [0.29, 0.717) is 24.6 Å². The summed E-state index contributed by atoms with van der Waals surface area (Å²) in [5, 5.41) is 13.3. The lowest BCUT2D eigenvalue weighted by molar-refractivity contribution is -0.137. The summed E-state index contributed by atoms with van der Waals surface area (Å²) in [6.07, 6.45) is 3.28. The first-order valence-electron chi connectivity index (χ1n) is 8.07. The van der Waals surface area contributed by atoms with Crippen molar-refractivity contribution >= 4 is 16.0 Å². The van der Waals surface area contributed by atoms with Crippen LogP contribution in [0.25, 0.3) is 0 Å². The van der Waals surface area contributed by atoms with Crippen LogP contribution in [0.4, 0.5) is 0 Å². The van der Waals surface area contributed by atoms with Gasteiger partial charge < -0.3 is 5.11 Å². The average molecular weight is 364 g/mol. The molecule has 3 rings (SSSR count). The van der Waals surface area contributed by atoms with Gasteiger partial charge in [0, 0.05) is 12.3 Å². The van der Waals surface area contributed by atoms with E-state index in [1.807, 2.05) is 0 Å². The van der Waals surface area contributed by atoms with E-state index in [-0.39, 0.29) is 11.4 Å². The molecule has 0 spiro atoms. The van der Waals surface area contributed by atoms with E-state index in [4.69, 9.17) is 5.11 Å². The molecule has 1 aliphatic rings. The molecule has 134 valence electrons. The van der Waals surface area contributed by atoms with Crippen LogP contribution >= 0.6 is 0 Å². The number of sulfonamides is 1. The second-order valence-electron chi connectivity index (χ2n) is 6.06. The zero-order chi connectivity index (χ0) is 18.0. The lowest BCUT2D eigenvalue weighted by Gasteiger charge is -2.05. The molecule has 0 radical (unpaired) electrons. The second-order valence-corrected chi connectivity index (χ2v) is 7.95. The van der Waals surface area contributed by atoms with Gasteiger partial charge in [-0.2, -0.15) is 5.10 Å². The topological polar surface area (TPSA) is 114 Å². The summed E-state index contributed by atoms with van der Waals surface area (Å²) >= 11 is 0. The van der Waals surface area contributed by atoms with Crippen LogP contribution in [0.1, 0.15) is 36.0 Å². The number of aryl methyl sites for hydroxylation is 2. The number of carboxylic acid groups (broad SMARTS) is 1. The van der Waals surface area contributed by atoms with Gasteiger partial charge in [-0.05, 0) is 44.0 Å². The van der Waals surface area contributed by atoms with E-state index in [9.17, 15) is 13.2 Å². The van der Waals surface area contributed by atoms with Gasteiger partial charge >= 0.3 is 5.97 Å². The van der Waals surface area contributed by atoms with Gasteiger partial charge in [-0.1, -0.05) is 12.1 Å². The average Bonchev–Trinajstić information content (AvgIpc) is 3.36. The van der Waals surface area contributed by atoms with Crippen molar-refractivity contribution in [2.75, 3.05) is 7.05 Å². The Balaban J connectivity index is 1.71. The van der Waals surface area contributed by atoms with Crippen molar-refractivity contribution < 1.29 is 18.3 Å². The van der Waals surface area contributed by atoms with Gasteiger partial charge in [-0.15, -0.1) is 0 Å². The summed E-state index contributed by atoms with van der Waals surface area (Å²) in [6.45, 7) is -0.200. The molecule has 0 atom stereocenters. The highest BCUT2D eigenvalue weighted by atomic mass is 32.2.